The Morgan fingerprint density at radius 3 is 2.30 bits per heavy atom. The van der Waals surface area contributed by atoms with Crippen LogP contribution >= 0.6 is 11.8 Å². The molecule has 0 spiro atoms. The normalized spacial score (nSPS) is 26.0. The summed E-state index contributed by atoms with van der Waals surface area (Å²) in [5.74, 6) is -3.30. The van der Waals surface area contributed by atoms with Gasteiger partial charge in [0.05, 0.1) is 24.1 Å². The molecule has 0 radical (unpaired) electrons. The number of carboxylic acid groups (broad SMARTS) is 1. The van der Waals surface area contributed by atoms with Crippen LogP contribution in [0, 0.1) is 0 Å². The molecule has 4 rings (SSSR count). The van der Waals surface area contributed by atoms with Crippen molar-refractivity contribution in [1.82, 2.24) is 30.1 Å². The van der Waals surface area contributed by atoms with Gasteiger partial charge in [-0.25, -0.2) is 32.0 Å². The lowest BCUT2D eigenvalue weighted by molar-refractivity contribution is -0.175. The van der Waals surface area contributed by atoms with E-state index < -0.39 is 67.7 Å². The maximum atomic E-state index is 13.4. The molecule has 0 aliphatic carbocycles. The van der Waals surface area contributed by atoms with E-state index in [2.05, 4.69) is 16.0 Å². The second kappa shape index (κ2) is 9.84. The van der Waals surface area contributed by atoms with Crippen LogP contribution in [0.25, 0.3) is 0 Å². The number of aliphatic carboxylic acids is 1. The molecule has 40 heavy (non-hydrogen) atoms. The van der Waals surface area contributed by atoms with E-state index >= 15 is 0 Å². The predicted octanol–water partition coefficient (Wildman–Crippen LogP) is -1.45. The third kappa shape index (κ3) is 4.45. The Morgan fingerprint density at radius 1 is 1.15 bits per heavy atom. The zero-order chi connectivity index (χ0) is 29.8. The third-order valence-corrected chi connectivity index (χ3v) is 9.69. The number of β-lactam (4-membered cyclic amide) rings is 1. The van der Waals surface area contributed by atoms with E-state index in [4.69, 9.17) is 0 Å². The first-order chi connectivity index (χ1) is 18.6. The number of benzene rings is 1. The average Bonchev–Trinajstić information content (AvgIpc) is 3.35. The molecule has 216 valence electrons. The quantitative estimate of drug-likeness (QED) is 0.172. The number of phenolic OH excluding ortho intramolecular Hbond substituents is 1. The number of aromatic hydroxyl groups is 1. The fourth-order valence-electron chi connectivity index (χ4n) is 4.92. The molecule has 0 bridgehead atoms. The van der Waals surface area contributed by atoms with Gasteiger partial charge in [0.15, 0.2) is 0 Å². The van der Waals surface area contributed by atoms with Crippen molar-refractivity contribution in [2.24, 2.45) is 0 Å². The molecule has 4 atom stereocenters. The van der Waals surface area contributed by atoms with E-state index in [0.29, 0.717) is 9.21 Å². The van der Waals surface area contributed by atoms with Gasteiger partial charge in [0.1, 0.15) is 23.2 Å². The Labute approximate surface area is 232 Å². The van der Waals surface area contributed by atoms with E-state index in [-0.39, 0.29) is 30.8 Å². The number of nitrogens with zero attached hydrogens (tertiary/aromatic N) is 3. The molecular formula is C22H26N6O10S2. The van der Waals surface area contributed by atoms with Crippen LogP contribution in [-0.2, 0) is 29.2 Å². The minimum absolute atomic E-state index is 0.144. The fraction of sp³-hybridized carbons (Fsp3) is 0.455. The molecule has 1 aromatic rings. The van der Waals surface area contributed by atoms with Crippen LogP contribution in [-0.4, -0.2) is 110 Å². The number of sulfonamides is 1. The average molecular weight is 599 g/mol. The minimum Gasteiger partial charge on any atom is -0.508 e. The van der Waals surface area contributed by atoms with Gasteiger partial charge in [0, 0.05) is 0 Å². The molecule has 1 unspecified atom stereocenters. The first kappa shape index (κ1) is 28.9. The summed E-state index contributed by atoms with van der Waals surface area (Å²) in [5, 5.41) is 25.8. The molecule has 1 aromatic carbocycles. The van der Waals surface area contributed by atoms with Crippen LogP contribution in [0.4, 0.5) is 9.59 Å². The highest BCUT2D eigenvalue weighted by atomic mass is 32.2. The molecule has 16 nitrogen and oxygen atoms in total. The molecule has 0 aromatic heterocycles. The van der Waals surface area contributed by atoms with E-state index in [0.717, 1.165) is 22.9 Å². The highest BCUT2D eigenvalue weighted by Crippen LogP contribution is 2.55. The molecule has 7 amide bonds. The number of urea groups is 2. The Kier molecular flexibility index (Phi) is 7.12. The highest BCUT2D eigenvalue weighted by molar-refractivity contribution is 8.01. The topological polar surface area (TPSA) is 223 Å². The van der Waals surface area contributed by atoms with Gasteiger partial charge in [0.25, 0.3) is 5.91 Å². The number of hydrogen-bond acceptors (Lipinski definition) is 10. The second-order valence-corrected chi connectivity index (χ2v) is 13.4. The second-order valence-electron chi connectivity index (χ2n) is 9.73. The number of phenols is 1. The van der Waals surface area contributed by atoms with Gasteiger partial charge >= 0.3 is 18.0 Å². The molecular weight excluding hydrogens is 572 g/mol. The van der Waals surface area contributed by atoms with Crippen molar-refractivity contribution in [3.63, 3.8) is 0 Å². The zero-order valence-electron chi connectivity index (χ0n) is 21.4. The number of imide groups is 1. The summed E-state index contributed by atoms with van der Waals surface area (Å²) in [4.78, 5) is 77.1. The van der Waals surface area contributed by atoms with Gasteiger partial charge in [-0.1, -0.05) is 12.1 Å². The smallest absolute Gasteiger partial charge is 0.352 e. The molecule has 0 saturated carbocycles. The van der Waals surface area contributed by atoms with Crippen LogP contribution in [0.5, 0.6) is 5.75 Å². The summed E-state index contributed by atoms with van der Waals surface area (Å²) >= 11 is 1.05. The summed E-state index contributed by atoms with van der Waals surface area (Å²) in [6.07, 6.45) is 0.989. The zero-order valence-corrected chi connectivity index (χ0v) is 23.0. The van der Waals surface area contributed by atoms with E-state index in [1.54, 1.807) is 0 Å². The van der Waals surface area contributed by atoms with Crippen molar-refractivity contribution in [3.8, 4) is 5.75 Å². The van der Waals surface area contributed by atoms with Gasteiger partial charge in [-0.15, -0.1) is 11.8 Å². The van der Waals surface area contributed by atoms with Crippen LogP contribution in [0.3, 0.4) is 0 Å². The first-order valence-corrected chi connectivity index (χ1v) is 14.4. The number of rotatable bonds is 8. The lowest BCUT2D eigenvalue weighted by Crippen LogP contribution is -2.79. The monoisotopic (exact) mass is 598 g/mol. The van der Waals surface area contributed by atoms with Gasteiger partial charge in [-0.2, -0.15) is 0 Å². The van der Waals surface area contributed by atoms with Gasteiger partial charge in [-0.05, 0) is 31.5 Å². The minimum atomic E-state index is -3.93. The number of amides is 7. The van der Waals surface area contributed by atoms with E-state index in [9.17, 15) is 47.4 Å². The Balaban J connectivity index is 1.57. The van der Waals surface area contributed by atoms with Gasteiger partial charge in [-0.3, -0.25) is 19.3 Å². The van der Waals surface area contributed by atoms with Gasteiger partial charge in [0.2, 0.25) is 28.0 Å². The van der Waals surface area contributed by atoms with Gasteiger partial charge < -0.3 is 26.2 Å². The van der Waals surface area contributed by atoms with Crippen molar-refractivity contribution < 1.29 is 47.4 Å². The Morgan fingerprint density at radius 2 is 1.77 bits per heavy atom. The standard InChI is InChI=1S/C22H26N6O10S2/c1-21(2)22(18(33)34,23-10-29)28-16(32)14(17(28)39-21)24-15(31)13(11-4-6-12(30)7-5-11)25-19(35)26-8-9-27(20(26)36)40(3,37)38/h4-7,10,13-14,17,30H,8-9H2,1-3H3,(H,23,29)(H,24,31)(H,25,35)(H,33,34)/t13?,14-,17-,22+/m1/s1. The Bertz CT molecular complexity index is 1400. The van der Waals surface area contributed by atoms with E-state index in [1.165, 1.54) is 38.1 Å². The first-order valence-electron chi connectivity index (χ1n) is 11.7. The third-order valence-electron chi connectivity index (χ3n) is 6.94. The lowest BCUT2D eigenvalue weighted by Gasteiger charge is -2.49. The molecule has 18 heteroatoms. The lowest BCUT2D eigenvalue weighted by atomic mass is 9.88. The van der Waals surface area contributed by atoms with E-state index in [1.807, 2.05) is 0 Å². The molecule has 5 N–H and O–H groups in total. The number of carbonyl (C=O) groups is 6. The highest BCUT2D eigenvalue weighted by Gasteiger charge is 2.73. The predicted molar refractivity (Wildman–Crippen MR) is 137 cm³/mol. The number of carboxylic acids is 1. The van der Waals surface area contributed by atoms with Crippen molar-refractivity contribution in [2.75, 3.05) is 19.3 Å². The number of fused-ring (bicyclic) bond motifs is 1. The number of thioether (sulfide) groups is 1. The summed E-state index contributed by atoms with van der Waals surface area (Å²) in [5.41, 5.74) is -1.92. The SMILES string of the molecule is CC1(C)S[C@@H]2[C@H](NC(=O)C(NC(=O)N3CCN(S(C)(=O)=O)C3=O)c3ccc(O)cc3)C(=O)N2[C@@]1(NC=O)C(=O)O. The summed E-state index contributed by atoms with van der Waals surface area (Å²) in [6.45, 7) is 2.51. The Hall–Kier alpha value is -4.06. The van der Waals surface area contributed by atoms with Crippen LogP contribution in [0.2, 0.25) is 0 Å². The summed E-state index contributed by atoms with van der Waals surface area (Å²) in [7, 11) is -3.93. The maximum absolute atomic E-state index is 13.4. The van der Waals surface area contributed by atoms with Crippen molar-refractivity contribution in [3.05, 3.63) is 29.8 Å². The fourth-order valence-corrected chi connectivity index (χ4v) is 7.42. The van der Waals surface area contributed by atoms with Crippen molar-refractivity contribution in [1.29, 1.82) is 0 Å². The number of nitrogens with one attached hydrogen (secondary N) is 3. The molecule has 3 aliphatic rings. The maximum Gasteiger partial charge on any atom is 0.352 e. The van der Waals surface area contributed by atoms with Crippen LogP contribution < -0.4 is 16.0 Å². The van der Waals surface area contributed by atoms with Crippen molar-refractivity contribution in [2.45, 2.75) is 41.7 Å². The van der Waals surface area contributed by atoms with Crippen LogP contribution in [0.1, 0.15) is 25.5 Å². The molecule has 3 fully saturated rings. The van der Waals surface area contributed by atoms with Crippen molar-refractivity contribution >= 4 is 58.0 Å². The summed E-state index contributed by atoms with van der Waals surface area (Å²) in [6, 6.07) is 0.205. The molecule has 3 saturated heterocycles. The number of carbonyl (C=O) groups excluding carboxylic acids is 5. The largest absolute Gasteiger partial charge is 0.508 e. The molecule has 3 heterocycles. The molecule has 3 aliphatic heterocycles. The summed E-state index contributed by atoms with van der Waals surface area (Å²) < 4.78 is 22.9. The van der Waals surface area contributed by atoms with Crippen LogP contribution in [0.15, 0.2) is 24.3 Å². The number of hydrogen-bond donors (Lipinski definition) is 5.